The van der Waals surface area contributed by atoms with E-state index in [1.54, 1.807) is 19.1 Å². The van der Waals surface area contributed by atoms with E-state index in [2.05, 4.69) is 20.1 Å². The maximum absolute atomic E-state index is 12.6. The van der Waals surface area contributed by atoms with Crippen LogP contribution in [0.15, 0.2) is 36.4 Å². The van der Waals surface area contributed by atoms with Gasteiger partial charge in [-0.25, -0.2) is 9.67 Å². The zero-order valence-corrected chi connectivity index (χ0v) is 16.0. The van der Waals surface area contributed by atoms with E-state index in [0.29, 0.717) is 11.5 Å². The van der Waals surface area contributed by atoms with Gasteiger partial charge in [-0.1, -0.05) is 17.7 Å². The number of amides is 1. The highest BCUT2D eigenvalue weighted by Gasteiger charge is 2.17. The molecule has 0 aliphatic carbocycles. The van der Waals surface area contributed by atoms with E-state index >= 15 is 0 Å². The van der Waals surface area contributed by atoms with Gasteiger partial charge in [-0.2, -0.15) is 8.78 Å². The van der Waals surface area contributed by atoms with Crippen molar-refractivity contribution in [1.82, 2.24) is 14.8 Å². The molecule has 0 bridgehead atoms. The first-order valence-corrected chi connectivity index (χ1v) is 8.62. The number of carbonyl (C=O) groups is 1. The number of carbonyl (C=O) groups excluding carboxylic acids is 1. The Morgan fingerprint density at radius 2 is 1.68 bits per heavy atom. The summed E-state index contributed by atoms with van der Waals surface area (Å²) in [4.78, 5) is 16.8. The third-order valence-corrected chi connectivity index (χ3v) is 4.19. The van der Waals surface area contributed by atoms with Crippen molar-refractivity contribution in [3.8, 4) is 11.4 Å². The SMILES string of the molecule is Cc1cc(C)c(NC(=O)c2nc(C)n(-c3ccc(OC(F)F)cc3)n2)c(C)c1. The molecule has 2 aromatic carbocycles. The second-order valence-electron chi connectivity index (χ2n) is 6.49. The third kappa shape index (κ3) is 4.16. The van der Waals surface area contributed by atoms with Crippen molar-refractivity contribution in [3.05, 3.63) is 64.7 Å². The number of halogens is 2. The van der Waals surface area contributed by atoms with Crippen LogP contribution < -0.4 is 10.1 Å². The molecule has 3 rings (SSSR count). The number of ether oxygens (including phenoxy) is 1. The zero-order chi connectivity index (χ0) is 20.4. The Labute approximate surface area is 161 Å². The van der Waals surface area contributed by atoms with Gasteiger partial charge in [0, 0.05) is 5.69 Å². The highest BCUT2D eigenvalue weighted by Crippen LogP contribution is 2.23. The zero-order valence-electron chi connectivity index (χ0n) is 16.0. The van der Waals surface area contributed by atoms with E-state index < -0.39 is 12.5 Å². The van der Waals surface area contributed by atoms with Crippen LogP contribution in [0.25, 0.3) is 5.69 Å². The number of benzene rings is 2. The molecule has 1 amide bonds. The van der Waals surface area contributed by atoms with Crippen molar-refractivity contribution in [2.24, 2.45) is 0 Å². The highest BCUT2D eigenvalue weighted by atomic mass is 19.3. The van der Waals surface area contributed by atoms with Crippen LogP contribution in [0.5, 0.6) is 5.75 Å². The minimum atomic E-state index is -2.89. The Kier molecular flexibility index (Phi) is 5.39. The molecule has 0 saturated carbocycles. The minimum absolute atomic E-state index is 0.0183. The number of aromatic nitrogens is 3. The lowest BCUT2D eigenvalue weighted by molar-refractivity contribution is -0.0498. The molecular weight excluding hydrogens is 366 g/mol. The van der Waals surface area contributed by atoms with Crippen LogP contribution in [0, 0.1) is 27.7 Å². The van der Waals surface area contributed by atoms with Crippen LogP contribution in [0.3, 0.4) is 0 Å². The molecule has 0 saturated heterocycles. The van der Waals surface area contributed by atoms with E-state index in [0.717, 1.165) is 22.4 Å². The molecule has 1 N–H and O–H groups in total. The van der Waals surface area contributed by atoms with E-state index in [1.165, 1.54) is 16.8 Å². The number of hydrogen-bond donors (Lipinski definition) is 1. The third-order valence-electron chi connectivity index (χ3n) is 4.19. The van der Waals surface area contributed by atoms with Crippen molar-refractivity contribution in [3.63, 3.8) is 0 Å². The Morgan fingerprint density at radius 3 is 2.25 bits per heavy atom. The van der Waals surface area contributed by atoms with E-state index in [4.69, 9.17) is 0 Å². The fourth-order valence-electron chi connectivity index (χ4n) is 3.05. The predicted molar refractivity (Wildman–Crippen MR) is 101 cm³/mol. The first kappa shape index (κ1) is 19.5. The summed E-state index contributed by atoms with van der Waals surface area (Å²) in [5.41, 5.74) is 4.34. The molecule has 8 heteroatoms. The average molecular weight is 386 g/mol. The molecule has 1 aromatic heterocycles. The van der Waals surface area contributed by atoms with E-state index in [9.17, 15) is 13.6 Å². The molecule has 6 nitrogen and oxygen atoms in total. The molecule has 1 heterocycles. The van der Waals surface area contributed by atoms with Gasteiger partial charge in [0.15, 0.2) is 0 Å². The average Bonchev–Trinajstić information content (AvgIpc) is 3.00. The summed E-state index contributed by atoms with van der Waals surface area (Å²) in [5, 5.41) is 7.11. The fraction of sp³-hybridized carbons (Fsp3) is 0.250. The first-order chi connectivity index (χ1) is 13.2. The van der Waals surface area contributed by atoms with Gasteiger partial charge in [0.1, 0.15) is 11.6 Å². The summed E-state index contributed by atoms with van der Waals surface area (Å²) in [6.07, 6.45) is 0. The van der Waals surface area contributed by atoms with E-state index in [-0.39, 0.29) is 11.6 Å². The topological polar surface area (TPSA) is 69.0 Å². The van der Waals surface area contributed by atoms with Crippen molar-refractivity contribution in [2.75, 3.05) is 5.32 Å². The van der Waals surface area contributed by atoms with Gasteiger partial charge in [0.25, 0.3) is 5.91 Å². The number of anilines is 1. The van der Waals surface area contributed by atoms with Gasteiger partial charge in [0.05, 0.1) is 5.69 Å². The molecule has 0 fully saturated rings. The second kappa shape index (κ2) is 7.75. The molecular formula is C20H20F2N4O2. The lowest BCUT2D eigenvalue weighted by atomic mass is 10.1. The molecule has 0 unspecified atom stereocenters. The lowest BCUT2D eigenvalue weighted by Crippen LogP contribution is -2.16. The van der Waals surface area contributed by atoms with Crippen LogP contribution in [0.2, 0.25) is 0 Å². The number of aryl methyl sites for hydroxylation is 4. The fourth-order valence-corrected chi connectivity index (χ4v) is 3.05. The summed E-state index contributed by atoms with van der Waals surface area (Å²) in [5.74, 6) is 0.129. The summed E-state index contributed by atoms with van der Waals surface area (Å²) < 4.78 is 30.3. The van der Waals surface area contributed by atoms with Gasteiger partial charge >= 0.3 is 6.61 Å². The van der Waals surface area contributed by atoms with Crippen molar-refractivity contribution >= 4 is 11.6 Å². The van der Waals surface area contributed by atoms with Crippen molar-refractivity contribution in [2.45, 2.75) is 34.3 Å². The van der Waals surface area contributed by atoms with Crippen LogP contribution in [-0.4, -0.2) is 27.3 Å². The number of rotatable bonds is 5. The maximum Gasteiger partial charge on any atom is 0.387 e. The van der Waals surface area contributed by atoms with Crippen LogP contribution in [0.1, 0.15) is 33.1 Å². The molecule has 146 valence electrons. The Balaban J connectivity index is 1.83. The Morgan fingerprint density at radius 1 is 1.07 bits per heavy atom. The van der Waals surface area contributed by atoms with Crippen LogP contribution in [-0.2, 0) is 0 Å². The lowest BCUT2D eigenvalue weighted by Gasteiger charge is -2.11. The van der Waals surface area contributed by atoms with Crippen LogP contribution in [0.4, 0.5) is 14.5 Å². The van der Waals surface area contributed by atoms with Crippen LogP contribution >= 0.6 is 0 Å². The summed E-state index contributed by atoms with van der Waals surface area (Å²) in [6, 6.07) is 9.92. The predicted octanol–water partition coefficient (Wildman–Crippen LogP) is 4.35. The molecule has 0 aliphatic heterocycles. The number of nitrogens with one attached hydrogen (secondary N) is 1. The Bertz CT molecular complexity index is 991. The number of hydrogen-bond acceptors (Lipinski definition) is 4. The molecule has 0 spiro atoms. The van der Waals surface area contributed by atoms with Gasteiger partial charge in [-0.15, -0.1) is 5.10 Å². The minimum Gasteiger partial charge on any atom is -0.435 e. The number of alkyl halides is 2. The van der Waals surface area contributed by atoms with E-state index in [1.807, 2.05) is 32.9 Å². The normalized spacial score (nSPS) is 11.0. The molecule has 0 aliphatic rings. The van der Waals surface area contributed by atoms with Crippen molar-refractivity contribution in [1.29, 1.82) is 0 Å². The monoisotopic (exact) mass is 386 g/mol. The maximum atomic E-state index is 12.6. The molecule has 28 heavy (non-hydrogen) atoms. The quantitative estimate of drug-likeness (QED) is 0.708. The summed E-state index contributed by atoms with van der Waals surface area (Å²) in [6.45, 7) is 4.67. The molecule has 3 aromatic rings. The van der Waals surface area contributed by atoms with Gasteiger partial charge in [-0.3, -0.25) is 4.79 Å². The largest absolute Gasteiger partial charge is 0.435 e. The van der Waals surface area contributed by atoms with Crippen molar-refractivity contribution < 1.29 is 18.3 Å². The standard InChI is InChI=1S/C20H20F2N4O2/c1-11-9-12(2)17(13(3)10-11)24-19(27)18-23-14(4)26(25-18)15-5-7-16(8-6-15)28-20(21)22/h5-10,20H,1-4H3,(H,24,27). The summed E-state index contributed by atoms with van der Waals surface area (Å²) in [7, 11) is 0. The van der Waals surface area contributed by atoms with Gasteiger partial charge < -0.3 is 10.1 Å². The molecule has 0 atom stereocenters. The second-order valence-corrected chi connectivity index (χ2v) is 6.49. The van der Waals surface area contributed by atoms with Gasteiger partial charge in [-0.05, 0) is 63.1 Å². The highest BCUT2D eigenvalue weighted by molar-refractivity contribution is 6.02. The molecule has 0 radical (unpaired) electrons. The van der Waals surface area contributed by atoms with Gasteiger partial charge in [0.2, 0.25) is 5.82 Å². The Hall–Kier alpha value is -3.29. The first-order valence-electron chi connectivity index (χ1n) is 8.62. The smallest absolute Gasteiger partial charge is 0.387 e. The number of nitrogens with zero attached hydrogens (tertiary/aromatic N) is 3. The summed E-state index contributed by atoms with van der Waals surface area (Å²) >= 11 is 0.